The van der Waals surface area contributed by atoms with E-state index >= 15 is 0 Å². The standard InChI is InChI=1S/C22H24FN5O2/c23-17-8-6-15(7-9-17)19-18-20(24-14-25-21(18)30-26-19)28-12-4-5-16(13-28)22(29)27-10-2-1-3-11-27/h6-9,14,16H,1-5,10-13H2/t16-/m1/s1. The lowest BCUT2D eigenvalue weighted by atomic mass is 9.95. The van der Waals surface area contributed by atoms with Crippen LogP contribution < -0.4 is 4.90 Å². The molecule has 2 aromatic heterocycles. The number of anilines is 1. The molecule has 3 aromatic rings. The minimum Gasteiger partial charge on any atom is -0.355 e. The van der Waals surface area contributed by atoms with E-state index < -0.39 is 0 Å². The lowest BCUT2D eigenvalue weighted by Crippen LogP contribution is -2.46. The van der Waals surface area contributed by atoms with Crippen LogP contribution in [0.3, 0.4) is 0 Å². The fraction of sp³-hybridized carbons (Fsp3) is 0.455. The largest absolute Gasteiger partial charge is 0.355 e. The molecular formula is C22H24FN5O2. The number of amides is 1. The second-order valence-electron chi connectivity index (χ2n) is 8.09. The Morgan fingerprint density at radius 1 is 1.03 bits per heavy atom. The smallest absolute Gasteiger partial charge is 0.263 e. The molecule has 0 unspecified atom stereocenters. The van der Waals surface area contributed by atoms with Crippen molar-refractivity contribution in [1.29, 1.82) is 0 Å². The number of likely N-dealkylation sites (tertiary alicyclic amines) is 1. The van der Waals surface area contributed by atoms with Crippen LogP contribution in [0.4, 0.5) is 10.2 Å². The van der Waals surface area contributed by atoms with Gasteiger partial charge >= 0.3 is 0 Å². The van der Waals surface area contributed by atoms with Crippen LogP contribution in [0.25, 0.3) is 22.4 Å². The Morgan fingerprint density at radius 2 is 1.83 bits per heavy atom. The van der Waals surface area contributed by atoms with E-state index in [0.29, 0.717) is 23.3 Å². The van der Waals surface area contributed by atoms with Gasteiger partial charge in [0.1, 0.15) is 29.0 Å². The molecule has 1 atom stereocenters. The molecule has 8 heteroatoms. The van der Waals surface area contributed by atoms with Crippen molar-refractivity contribution in [3.8, 4) is 11.3 Å². The van der Waals surface area contributed by atoms with Gasteiger partial charge in [0.05, 0.1) is 5.92 Å². The van der Waals surface area contributed by atoms with E-state index in [1.807, 2.05) is 4.90 Å². The van der Waals surface area contributed by atoms with Crippen molar-refractivity contribution in [1.82, 2.24) is 20.0 Å². The van der Waals surface area contributed by atoms with Crippen LogP contribution in [-0.4, -0.2) is 52.1 Å². The molecule has 30 heavy (non-hydrogen) atoms. The number of nitrogens with zero attached hydrogens (tertiary/aromatic N) is 5. The normalized spacial score (nSPS) is 20.0. The van der Waals surface area contributed by atoms with Gasteiger partial charge in [-0.25, -0.2) is 9.37 Å². The molecule has 2 aliphatic rings. The lowest BCUT2D eigenvalue weighted by molar-refractivity contribution is -0.136. The number of benzene rings is 1. The summed E-state index contributed by atoms with van der Waals surface area (Å²) in [4.78, 5) is 26.0. The Bertz CT molecular complexity index is 1050. The molecule has 0 radical (unpaired) electrons. The molecule has 0 bridgehead atoms. The van der Waals surface area contributed by atoms with E-state index in [2.05, 4.69) is 20.0 Å². The van der Waals surface area contributed by atoms with Gasteiger partial charge in [0.2, 0.25) is 5.91 Å². The maximum atomic E-state index is 13.4. The molecule has 1 aromatic carbocycles. The number of hydrogen-bond donors (Lipinski definition) is 0. The number of carbonyl (C=O) groups is 1. The summed E-state index contributed by atoms with van der Waals surface area (Å²) in [5.74, 6) is 0.639. The van der Waals surface area contributed by atoms with Crippen molar-refractivity contribution >= 4 is 22.8 Å². The van der Waals surface area contributed by atoms with Gasteiger partial charge < -0.3 is 14.3 Å². The summed E-state index contributed by atoms with van der Waals surface area (Å²) in [7, 11) is 0. The number of piperidine rings is 2. The number of aromatic nitrogens is 3. The zero-order valence-corrected chi connectivity index (χ0v) is 16.8. The van der Waals surface area contributed by atoms with Gasteiger partial charge in [0.15, 0.2) is 0 Å². The number of carbonyl (C=O) groups excluding carboxylic acids is 1. The van der Waals surface area contributed by atoms with Crippen LogP contribution in [0.5, 0.6) is 0 Å². The first-order valence-electron chi connectivity index (χ1n) is 10.6. The summed E-state index contributed by atoms with van der Waals surface area (Å²) in [6.45, 7) is 3.17. The quantitative estimate of drug-likeness (QED) is 0.657. The van der Waals surface area contributed by atoms with E-state index in [4.69, 9.17) is 4.52 Å². The molecule has 0 aliphatic carbocycles. The summed E-state index contributed by atoms with van der Waals surface area (Å²) in [6.07, 6.45) is 6.68. The fourth-order valence-electron chi connectivity index (χ4n) is 4.56. The summed E-state index contributed by atoms with van der Waals surface area (Å²) in [5, 5.41) is 4.88. The Labute approximate surface area is 173 Å². The van der Waals surface area contributed by atoms with Gasteiger partial charge in [0.25, 0.3) is 5.71 Å². The Balaban J connectivity index is 1.46. The van der Waals surface area contributed by atoms with Crippen molar-refractivity contribution in [2.75, 3.05) is 31.1 Å². The van der Waals surface area contributed by atoms with Gasteiger partial charge in [-0.3, -0.25) is 4.79 Å². The van der Waals surface area contributed by atoms with E-state index in [1.165, 1.54) is 24.9 Å². The number of hydrogen-bond acceptors (Lipinski definition) is 6. The highest BCUT2D eigenvalue weighted by atomic mass is 19.1. The van der Waals surface area contributed by atoms with Crippen LogP contribution in [-0.2, 0) is 4.79 Å². The van der Waals surface area contributed by atoms with Crippen LogP contribution in [0.15, 0.2) is 35.1 Å². The minimum absolute atomic E-state index is 0.0315. The Kier molecular flexibility index (Phi) is 5.06. The number of halogens is 1. The van der Waals surface area contributed by atoms with E-state index in [0.717, 1.165) is 56.7 Å². The maximum absolute atomic E-state index is 13.4. The SMILES string of the molecule is O=C([C@@H]1CCCN(c2ncnc3onc(-c4ccc(F)cc4)c23)C1)N1CCCCC1. The third-order valence-electron chi connectivity index (χ3n) is 6.11. The number of fused-ring (bicyclic) bond motifs is 1. The molecule has 1 amide bonds. The molecule has 5 rings (SSSR count). The third kappa shape index (κ3) is 3.51. The summed E-state index contributed by atoms with van der Waals surface area (Å²) in [6, 6.07) is 6.13. The Hall–Kier alpha value is -3.03. The molecule has 2 saturated heterocycles. The highest BCUT2D eigenvalue weighted by Gasteiger charge is 2.32. The predicted octanol–water partition coefficient (Wildman–Crippen LogP) is 3.65. The molecule has 2 aliphatic heterocycles. The molecule has 0 N–H and O–H groups in total. The molecule has 0 saturated carbocycles. The first-order valence-corrected chi connectivity index (χ1v) is 10.6. The molecule has 4 heterocycles. The van der Waals surface area contributed by atoms with Crippen molar-refractivity contribution in [2.24, 2.45) is 5.92 Å². The maximum Gasteiger partial charge on any atom is 0.263 e. The van der Waals surface area contributed by atoms with Gasteiger partial charge in [-0.2, -0.15) is 4.98 Å². The van der Waals surface area contributed by atoms with Crippen molar-refractivity contribution in [2.45, 2.75) is 32.1 Å². The zero-order chi connectivity index (χ0) is 20.5. The highest BCUT2D eigenvalue weighted by molar-refractivity contribution is 5.98. The molecule has 0 spiro atoms. The molecular weight excluding hydrogens is 385 g/mol. The molecule has 2 fully saturated rings. The minimum atomic E-state index is -0.307. The Morgan fingerprint density at radius 3 is 2.63 bits per heavy atom. The van der Waals surface area contributed by atoms with Gasteiger partial charge in [-0.15, -0.1) is 0 Å². The van der Waals surface area contributed by atoms with Crippen LogP contribution in [0, 0.1) is 11.7 Å². The van der Waals surface area contributed by atoms with Gasteiger partial charge in [0, 0.05) is 31.7 Å². The third-order valence-corrected chi connectivity index (χ3v) is 6.11. The topological polar surface area (TPSA) is 75.4 Å². The molecule has 156 valence electrons. The highest BCUT2D eigenvalue weighted by Crippen LogP contribution is 2.35. The summed E-state index contributed by atoms with van der Waals surface area (Å²) in [5.41, 5.74) is 1.72. The van der Waals surface area contributed by atoms with Crippen molar-refractivity contribution in [3.63, 3.8) is 0 Å². The lowest BCUT2D eigenvalue weighted by Gasteiger charge is -2.36. The van der Waals surface area contributed by atoms with E-state index in [-0.39, 0.29) is 17.6 Å². The summed E-state index contributed by atoms with van der Waals surface area (Å²) < 4.78 is 18.8. The monoisotopic (exact) mass is 409 g/mol. The first kappa shape index (κ1) is 19.0. The van der Waals surface area contributed by atoms with E-state index in [9.17, 15) is 9.18 Å². The fourth-order valence-corrected chi connectivity index (χ4v) is 4.56. The van der Waals surface area contributed by atoms with Gasteiger partial charge in [-0.1, -0.05) is 5.16 Å². The summed E-state index contributed by atoms with van der Waals surface area (Å²) >= 11 is 0. The average Bonchev–Trinajstić information content (AvgIpc) is 3.24. The van der Waals surface area contributed by atoms with Crippen LogP contribution in [0.2, 0.25) is 0 Å². The van der Waals surface area contributed by atoms with Crippen LogP contribution in [0.1, 0.15) is 32.1 Å². The van der Waals surface area contributed by atoms with Crippen LogP contribution >= 0.6 is 0 Å². The van der Waals surface area contributed by atoms with Crippen molar-refractivity contribution in [3.05, 3.63) is 36.4 Å². The first-order chi connectivity index (χ1) is 14.7. The zero-order valence-electron chi connectivity index (χ0n) is 16.8. The predicted molar refractivity (Wildman–Crippen MR) is 110 cm³/mol. The average molecular weight is 409 g/mol. The van der Waals surface area contributed by atoms with Gasteiger partial charge in [-0.05, 0) is 56.4 Å². The molecule has 7 nitrogen and oxygen atoms in total. The van der Waals surface area contributed by atoms with E-state index in [1.54, 1.807) is 12.1 Å². The van der Waals surface area contributed by atoms with Crippen molar-refractivity contribution < 1.29 is 13.7 Å². The number of rotatable bonds is 3. The second-order valence-corrected chi connectivity index (χ2v) is 8.09. The second kappa shape index (κ2) is 8.01.